The summed E-state index contributed by atoms with van der Waals surface area (Å²) in [6, 6.07) is 0. The second kappa shape index (κ2) is 6.32. The number of carbonyl (C=O) groups excluding carboxylic acids is 1. The molecule has 14 heavy (non-hydrogen) atoms. The maximum absolute atomic E-state index is 10.6. The predicted molar refractivity (Wildman–Crippen MR) is 54.2 cm³/mol. The highest BCUT2D eigenvalue weighted by Crippen LogP contribution is 2.14. The van der Waals surface area contributed by atoms with E-state index in [1.165, 1.54) is 6.08 Å². The fraction of sp³-hybridized carbons (Fsp3) is 0.600. The molecule has 0 fully saturated rings. The molecule has 0 spiro atoms. The van der Waals surface area contributed by atoms with Crippen molar-refractivity contribution in [3.8, 4) is 0 Å². The zero-order chi connectivity index (χ0) is 11.1. The van der Waals surface area contributed by atoms with Crippen molar-refractivity contribution in [1.29, 1.82) is 0 Å². The SMILES string of the molecule is CN(C)C.O=C1C=C(C(=O)O)CCC1. The lowest BCUT2D eigenvalue weighted by Gasteiger charge is -2.05. The second-order valence-electron chi connectivity index (χ2n) is 3.64. The van der Waals surface area contributed by atoms with Crippen LogP contribution in [-0.4, -0.2) is 42.9 Å². The monoisotopic (exact) mass is 199 g/mol. The molecule has 80 valence electrons. The third-order valence-corrected chi connectivity index (χ3v) is 1.48. The molecule has 0 bridgehead atoms. The van der Waals surface area contributed by atoms with Gasteiger partial charge in [0.05, 0.1) is 0 Å². The number of allylic oxidation sites excluding steroid dienone is 1. The van der Waals surface area contributed by atoms with Crippen molar-refractivity contribution in [3.63, 3.8) is 0 Å². The molecule has 0 atom stereocenters. The van der Waals surface area contributed by atoms with E-state index in [1.54, 1.807) is 0 Å². The summed E-state index contributed by atoms with van der Waals surface area (Å²) in [5.74, 6) is -1.03. The third-order valence-electron chi connectivity index (χ3n) is 1.48. The molecule has 0 aromatic rings. The maximum Gasteiger partial charge on any atom is 0.331 e. The van der Waals surface area contributed by atoms with Crippen LogP contribution in [0, 0.1) is 0 Å². The van der Waals surface area contributed by atoms with Gasteiger partial charge >= 0.3 is 5.97 Å². The molecule has 0 heterocycles. The van der Waals surface area contributed by atoms with Crippen molar-refractivity contribution in [2.75, 3.05) is 21.1 Å². The van der Waals surface area contributed by atoms with Crippen molar-refractivity contribution >= 4 is 11.8 Å². The molecule has 4 nitrogen and oxygen atoms in total. The first-order valence-corrected chi connectivity index (χ1v) is 4.51. The number of nitrogens with zero attached hydrogens (tertiary/aromatic N) is 1. The van der Waals surface area contributed by atoms with Gasteiger partial charge in [0, 0.05) is 12.0 Å². The van der Waals surface area contributed by atoms with Gasteiger partial charge in [0.2, 0.25) is 0 Å². The van der Waals surface area contributed by atoms with E-state index in [-0.39, 0.29) is 11.4 Å². The molecule has 0 saturated heterocycles. The van der Waals surface area contributed by atoms with Gasteiger partial charge < -0.3 is 10.0 Å². The maximum atomic E-state index is 10.6. The van der Waals surface area contributed by atoms with Crippen LogP contribution in [0.3, 0.4) is 0 Å². The number of hydrogen-bond donors (Lipinski definition) is 1. The molecule has 0 unspecified atom stereocenters. The average Bonchev–Trinajstić information content (AvgIpc) is 2.03. The summed E-state index contributed by atoms with van der Waals surface area (Å²) in [4.78, 5) is 22.9. The van der Waals surface area contributed by atoms with Gasteiger partial charge in [0.1, 0.15) is 0 Å². The first kappa shape index (κ1) is 12.8. The Hall–Kier alpha value is -1.16. The van der Waals surface area contributed by atoms with E-state index in [0.717, 1.165) is 0 Å². The highest BCUT2D eigenvalue weighted by Gasteiger charge is 2.14. The fourth-order valence-corrected chi connectivity index (χ4v) is 0.960. The summed E-state index contributed by atoms with van der Waals surface area (Å²) in [5.41, 5.74) is 0.247. The molecule has 1 aliphatic rings. The van der Waals surface area contributed by atoms with Crippen molar-refractivity contribution < 1.29 is 14.7 Å². The van der Waals surface area contributed by atoms with E-state index >= 15 is 0 Å². The molecule has 1 N–H and O–H groups in total. The highest BCUT2D eigenvalue weighted by atomic mass is 16.4. The van der Waals surface area contributed by atoms with Crippen molar-refractivity contribution in [3.05, 3.63) is 11.6 Å². The van der Waals surface area contributed by atoms with Crippen LogP contribution in [0.4, 0.5) is 0 Å². The van der Waals surface area contributed by atoms with Gasteiger partial charge in [0.25, 0.3) is 0 Å². The molecule has 4 heteroatoms. The minimum atomic E-state index is -0.965. The normalized spacial score (nSPS) is 15.7. The van der Waals surface area contributed by atoms with Gasteiger partial charge in [-0.3, -0.25) is 4.79 Å². The summed E-state index contributed by atoms with van der Waals surface area (Å²) >= 11 is 0. The van der Waals surface area contributed by atoms with Crippen LogP contribution in [0.2, 0.25) is 0 Å². The Kier molecular flexibility index (Phi) is 5.79. The molecule has 0 aromatic heterocycles. The van der Waals surface area contributed by atoms with Crippen LogP contribution in [0.1, 0.15) is 19.3 Å². The van der Waals surface area contributed by atoms with E-state index in [2.05, 4.69) is 0 Å². The number of carboxylic acids is 1. The average molecular weight is 199 g/mol. The quantitative estimate of drug-likeness (QED) is 0.682. The van der Waals surface area contributed by atoms with Crippen LogP contribution in [0.15, 0.2) is 11.6 Å². The summed E-state index contributed by atoms with van der Waals surface area (Å²) in [6.07, 6.45) is 2.93. The number of carboxylic acid groups (broad SMARTS) is 1. The number of hydrogen-bond acceptors (Lipinski definition) is 3. The van der Waals surface area contributed by atoms with Crippen LogP contribution in [-0.2, 0) is 9.59 Å². The zero-order valence-corrected chi connectivity index (χ0v) is 8.91. The predicted octanol–water partition coefficient (Wildman–Crippen LogP) is 0.928. The van der Waals surface area contributed by atoms with Crippen molar-refractivity contribution in [2.45, 2.75) is 19.3 Å². The smallest absolute Gasteiger partial charge is 0.331 e. The Bertz CT molecular complexity index is 241. The second-order valence-corrected chi connectivity index (χ2v) is 3.64. The molecular formula is C10H17NO3. The van der Waals surface area contributed by atoms with Gasteiger partial charge in [-0.2, -0.15) is 0 Å². The van der Waals surface area contributed by atoms with Gasteiger partial charge in [-0.1, -0.05) is 0 Å². The van der Waals surface area contributed by atoms with E-state index < -0.39 is 5.97 Å². The summed E-state index contributed by atoms with van der Waals surface area (Å²) in [7, 11) is 6.00. The molecular weight excluding hydrogens is 182 g/mol. The van der Waals surface area contributed by atoms with Gasteiger partial charge in [0.15, 0.2) is 5.78 Å². The van der Waals surface area contributed by atoms with Gasteiger partial charge in [-0.15, -0.1) is 0 Å². The summed E-state index contributed by atoms with van der Waals surface area (Å²) < 4.78 is 0. The number of rotatable bonds is 1. The summed E-state index contributed by atoms with van der Waals surface area (Å²) in [5, 5.41) is 8.44. The molecule has 1 aliphatic carbocycles. The van der Waals surface area contributed by atoms with Crippen molar-refractivity contribution in [1.82, 2.24) is 4.90 Å². The Morgan fingerprint density at radius 2 is 1.86 bits per heavy atom. The number of ketones is 1. The van der Waals surface area contributed by atoms with Crippen LogP contribution in [0.5, 0.6) is 0 Å². The molecule has 1 rings (SSSR count). The first-order chi connectivity index (χ1) is 6.43. The lowest BCUT2D eigenvalue weighted by molar-refractivity contribution is -0.133. The fourth-order valence-electron chi connectivity index (χ4n) is 0.960. The van der Waals surface area contributed by atoms with E-state index in [1.807, 2.05) is 26.0 Å². The number of aliphatic carboxylic acids is 1. The van der Waals surface area contributed by atoms with E-state index in [9.17, 15) is 9.59 Å². The molecule has 0 aromatic carbocycles. The molecule has 0 radical (unpaired) electrons. The van der Waals surface area contributed by atoms with Crippen LogP contribution < -0.4 is 0 Å². The van der Waals surface area contributed by atoms with Crippen LogP contribution >= 0.6 is 0 Å². The Balaban J connectivity index is 0.000000364. The summed E-state index contributed by atoms with van der Waals surface area (Å²) in [6.45, 7) is 0. The first-order valence-electron chi connectivity index (χ1n) is 4.51. The Morgan fingerprint density at radius 1 is 1.36 bits per heavy atom. The third kappa shape index (κ3) is 6.37. The lowest BCUT2D eigenvalue weighted by atomic mass is 9.99. The zero-order valence-electron chi connectivity index (χ0n) is 8.91. The minimum Gasteiger partial charge on any atom is -0.478 e. The lowest BCUT2D eigenvalue weighted by Crippen LogP contribution is -2.09. The van der Waals surface area contributed by atoms with Gasteiger partial charge in [-0.25, -0.2) is 4.79 Å². The van der Waals surface area contributed by atoms with Crippen molar-refractivity contribution in [2.24, 2.45) is 0 Å². The molecule has 0 saturated carbocycles. The van der Waals surface area contributed by atoms with Crippen LogP contribution in [0.25, 0.3) is 0 Å². The molecule has 0 amide bonds. The molecule has 0 aliphatic heterocycles. The van der Waals surface area contributed by atoms with E-state index in [4.69, 9.17) is 5.11 Å². The Labute approximate surface area is 84.2 Å². The largest absolute Gasteiger partial charge is 0.478 e. The highest BCUT2D eigenvalue weighted by molar-refractivity contribution is 5.99. The Morgan fingerprint density at radius 3 is 2.14 bits per heavy atom. The standard InChI is InChI=1S/C7H8O3.C3H9N/c8-6-3-1-2-5(4-6)7(9)10;1-4(2)3/h4H,1-3H2,(H,9,10);1-3H3. The minimum absolute atomic E-state index is 0.0661. The van der Waals surface area contributed by atoms with E-state index in [0.29, 0.717) is 19.3 Å². The van der Waals surface area contributed by atoms with Gasteiger partial charge in [-0.05, 0) is 40.1 Å². The topological polar surface area (TPSA) is 57.6 Å². The number of carbonyl (C=O) groups is 2.